The minimum absolute atomic E-state index is 0.0183. The van der Waals surface area contributed by atoms with Crippen molar-refractivity contribution in [2.45, 2.75) is 0 Å². The van der Waals surface area contributed by atoms with E-state index in [0.717, 1.165) is 16.6 Å². The Kier molecular flexibility index (Phi) is 5.75. The van der Waals surface area contributed by atoms with E-state index in [2.05, 4.69) is 10.9 Å². The minimum atomic E-state index is -3.60. The lowest BCUT2D eigenvalue weighted by Gasteiger charge is -2.19. The number of carbonyl (C=O) groups excluding carboxylic acids is 2. The number of benzene rings is 2. The summed E-state index contributed by atoms with van der Waals surface area (Å²) in [7, 11) is -2.30. The number of non-ortho nitro benzene ring substituents is 1. The number of hydrogen-bond donors (Lipinski definition) is 2. The molecule has 0 unspecified atom stereocenters. The topological polar surface area (TPSA) is 139 Å². The van der Waals surface area contributed by atoms with Crippen LogP contribution in [0.25, 0.3) is 0 Å². The number of carbonyl (C=O) groups is 2. The number of hydrogen-bond acceptors (Lipinski definition) is 6. The van der Waals surface area contributed by atoms with E-state index in [1.165, 1.54) is 43.4 Å². The number of hydrazine groups is 1. The van der Waals surface area contributed by atoms with E-state index in [0.29, 0.717) is 0 Å². The van der Waals surface area contributed by atoms with Gasteiger partial charge in [0, 0.05) is 24.7 Å². The second-order valence-electron chi connectivity index (χ2n) is 5.46. The standard InChI is InChI=1S/C16H16N4O6S/c1-19(27(2,25)26)14-9-4-3-8-13(14)16(22)18-17-15(21)11-6-5-7-12(10-11)20(23)24/h3-10H,1-2H3,(H,17,21)(H,18,22). The molecule has 2 amide bonds. The number of nitrogens with zero attached hydrogens (tertiary/aromatic N) is 2. The number of para-hydroxylation sites is 1. The summed E-state index contributed by atoms with van der Waals surface area (Å²) < 4.78 is 24.4. The molecule has 0 saturated carbocycles. The summed E-state index contributed by atoms with van der Waals surface area (Å²) in [4.78, 5) is 34.5. The molecule has 27 heavy (non-hydrogen) atoms. The molecule has 2 rings (SSSR count). The summed E-state index contributed by atoms with van der Waals surface area (Å²) in [5.74, 6) is -1.51. The third kappa shape index (κ3) is 4.79. The first kappa shape index (κ1) is 19.8. The molecule has 0 spiro atoms. The van der Waals surface area contributed by atoms with E-state index in [4.69, 9.17) is 0 Å². The van der Waals surface area contributed by atoms with E-state index in [-0.39, 0.29) is 22.5 Å². The van der Waals surface area contributed by atoms with Gasteiger partial charge in [-0.3, -0.25) is 34.9 Å². The van der Waals surface area contributed by atoms with E-state index in [9.17, 15) is 28.1 Å². The number of nitro benzene ring substituents is 1. The smallest absolute Gasteiger partial charge is 0.271 e. The second-order valence-corrected chi connectivity index (χ2v) is 7.48. The van der Waals surface area contributed by atoms with Gasteiger partial charge in [-0.15, -0.1) is 0 Å². The Morgan fingerprint density at radius 2 is 1.67 bits per heavy atom. The molecule has 0 atom stereocenters. The molecular formula is C16H16N4O6S. The van der Waals surface area contributed by atoms with Crippen LogP contribution >= 0.6 is 0 Å². The van der Waals surface area contributed by atoms with E-state index in [1.54, 1.807) is 6.07 Å². The van der Waals surface area contributed by atoms with Crippen LogP contribution in [0.3, 0.4) is 0 Å². The number of sulfonamides is 1. The fourth-order valence-electron chi connectivity index (χ4n) is 2.13. The molecular weight excluding hydrogens is 376 g/mol. The average molecular weight is 392 g/mol. The molecule has 0 aliphatic carbocycles. The van der Waals surface area contributed by atoms with Crippen molar-refractivity contribution in [2.75, 3.05) is 17.6 Å². The van der Waals surface area contributed by atoms with Crippen LogP contribution in [-0.4, -0.2) is 38.5 Å². The lowest BCUT2D eigenvalue weighted by molar-refractivity contribution is -0.384. The van der Waals surface area contributed by atoms with Crippen molar-refractivity contribution in [2.24, 2.45) is 0 Å². The van der Waals surface area contributed by atoms with Crippen molar-refractivity contribution in [3.05, 3.63) is 69.8 Å². The highest BCUT2D eigenvalue weighted by molar-refractivity contribution is 7.92. The van der Waals surface area contributed by atoms with E-state index >= 15 is 0 Å². The van der Waals surface area contributed by atoms with Crippen LogP contribution in [0.15, 0.2) is 48.5 Å². The largest absolute Gasteiger partial charge is 0.273 e. The molecule has 0 aromatic heterocycles. The summed E-state index contributed by atoms with van der Waals surface area (Å²) >= 11 is 0. The first-order valence-electron chi connectivity index (χ1n) is 7.49. The van der Waals surface area contributed by atoms with E-state index < -0.39 is 26.8 Å². The molecule has 0 radical (unpaired) electrons. The van der Waals surface area contributed by atoms with Crippen LogP contribution in [0.1, 0.15) is 20.7 Å². The van der Waals surface area contributed by atoms with Gasteiger partial charge in [0.15, 0.2) is 0 Å². The first-order chi connectivity index (χ1) is 12.6. The summed E-state index contributed by atoms with van der Waals surface area (Å²) in [6, 6.07) is 10.9. The molecule has 2 aromatic carbocycles. The molecule has 142 valence electrons. The summed E-state index contributed by atoms with van der Waals surface area (Å²) in [6.45, 7) is 0. The van der Waals surface area contributed by atoms with Crippen molar-refractivity contribution < 1.29 is 22.9 Å². The van der Waals surface area contributed by atoms with Crippen LogP contribution in [0.5, 0.6) is 0 Å². The third-order valence-electron chi connectivity index (χ3n) is 3.59. The Bertz CT molecular complexity index is 1010. The highest BCUT2D eigenvalue weighted by atomic mass is 32.2. The fourth-order valence-corrected chi connectivity index (χ4v) is 2.65. The Balaban J connectivity index is 2.16. The maximum Gasteiger partial charge on any atom is 0.271 e. The highest BCUT2D eigenvalue weighted by Gasteiger charge is 2.20. The van der Waals surface area contributed by atoms with Crippen LogP contribution in [0, 0.1) is 10.1 Å². The molecule has 0 bridgehead atoms. The molecule has 10 nitrogen and oxygen atoms in total. The zero-order valence-corrected chi connectivity index (χ0v) is 15.2. The van der Waals surface area contributed by atoms with Crippen LogP contribution in [0.4, 0.5) is 11.4 Å². The Morgan fingerprint density at radius 1 is 1.04 bits per heavy atom. The third-order valence-corrected chi connectivity index (χ3v) is 4.79. The van der Waals surface area contributed by atoms with Gasteiger partial charge in [0.25, 0.3) is 17.5 Å². The average Bonchev–Trinajstić information content (AvgIpc) is 2.64. The SMILES string of the molecule is CN(c1ccccc1C(=O)NNC(=O)c1cccc([N+](=O)[O-])c1)S(C)(=O)=O. The summed E-state index contributed by atoms with van der Waals surface area (Å²) in [6.07, 6.45) is 0.992. The Hall–Kier alpha value is -3.47. The molecule has 0 heterocycles. The number of anilines is 1. The van der Waals surface area contributed by atoms with Gasteiger partial charge in [0.1, 0.15) is 0 Å². The van der Waals surface area contributed by atoms with Crippen molar-refractivity contribution >= 4 is 33.2 Å². The predicted octanol–water partition coefficient (Wildman–Crippen LogP) is 1.07. The molecule has 0 saturated heterocycles. The lowest BCUT2D eigenvalue weighted by atomic mass is 10.1. The molecule has 2 aromatic rings. The number of nitrogens with one attached hydrogen (secondary N) is 2. The van der Waals surface area contributed by atoms with Crippen LogP contribution < -0.4 is 15.2 Å². The van der Waals surface area contributed by atoms with Crippen molar-refractivity contribution in [1.82, 2.24) is 10.9 Å². The van der Waals surface area contributed by atoms with Gasteiger partial charge in [-0.1, -0.05) is 18.2 Å². The van der Waals surface area contributed by atoms with Gasteiger partial charge in [0.05, 0.1) is 22.4 Å². The van der Waals surface area contributed by atoms with Gasteiger partial charge in [0.2, 0.25) is 10.0 Å². The Morgan fingerprint density at radius 3 is 2.30 bits per heavy atom. The maximum absolute atomic E-state index is 12.4. The normalized spacial score (nSPS) is 10.7. The van der Waals surface area contributed by atoms with Crippen LogP contribution in [0.2, 0.25) is 0 Å². The van der Waals surface area contributed by atoms with Crippen LogP contribution in [-0.2, 0) is 10.0 Å². The number of amides is 2. The first-order valence-corrected chi connectivity index (χ1v) is 9.34. The maximum atomic E-state index is 12.4. The van der Waals surface area contributed by atoms with Gasteiger partial charge in [-0.05, 0) is 18.2 Å². The number of rotatable bonds is 5. The van der Waals surface area contributed by atoms with Crippen molar-refractivity contribution in [3.8, 4) is 0 Å². The fraction of sp³-hybridized carbons (Fsp3) is 0.125. The molecule has 0 aliphatic rings. The summed E-state index contributed by atoms with van der Waals surface area (Å²) in [5, 5.41) is 10.8. The van der Waals surface area contributed by atoms with Gasteiger partial charge < -0.3 is 0 Å². The zero-order valence-electron chi connectivity index (χ0n) is 14.4. The van der Waals surface area contributed by atoms with Gasteiger partial charge >= 0.3 is 0 Å². The lowest BCUT2D eigenvalue weighted by Crippen LogP contribution is -2.42. The second kappa shape index (κ2) is 7.83. The van der Waals surface area contributed by atoms with Gasteiger partial charge in [-0.2, -0.15) is 0 Å². The Labute approximate surface area is 155 Å². The van der Waals surface area contributed by atoms with Crippen molar-refractivity contribution in [3.63, 3.8) is 0 Å². The van der Waals surface area contributed by atoms with Gasteiger partial charge in [-0.25, -0.2) is 8.42 Å². The molecule has 0 fully saturated rings. The zero-order chi connectivity index (χ0) is 20.2. The van der Waals surface area contributed by atoms with Crippen molar-refractivity contribution in [1.29, 1.82) is 0 Å². The molecule has 11 heteroatoms. The quantitative estimate of drug-likeness (QED) is 0.576. The monoisotopic (exact) mass is 392 g/mol. The highest BCUT2D eigenvalue weighted by Crippen LogP contribution is 2.21. The van der Waals surface area contributed by atoms with E-state index in [1.807, 2.05) is 0 Å². The minimum Gasteiger partial charge on any atom is -0.273 e. The number of nitro groups is 1. The molecule has 0 aliphatic heterocycles. The molecule has 2 N–H and O–H groups in total. The summed E-state index contributed by atoms with van der Waals surface area (Å²) in [5.41, 5.74) is 4.16. The predicted molar refractivity (Wildman–Crippen MR) is 97.7 cm³/mol.